The van der Waals surface area contributed by atoms with Gasteiger partial charge in [0.1, 0.15) is 0 Å². The molecule has 0 radical (unpaired) electrons. The number of benzene rings is 2. The lowest BCUT2D eigenvalue weighted by molar-refractivity contribution is 0.0528. The number of aryl methyl sites for hydroxylation is 2. The van der Waals surface area contributed by atoms with Crippen LogP contribution >= 0.6 is 0 Å². The fraction of sp³-hybridized carbons (Fsp3) is 0.286. The molecule has 1 aliphatic heterocycles. The summed E-state index contributed by atoms with van der Waals surface area (Å²) in [6, 6.07) is 12.2. The van der Waals surface area contributed by atoms with Gasteiger partial charge in [0.05, 0.1) is 37.6 Å². The quantitative estimate of drug-likeness (QED) is 0.359. The number of nitrogens with zero attached hydrogens (tertiary/aromatic N) is 2. The molecule has 0 bridgehead atoms. The Labute approximate surface area is 199 Å². The minimum Gasteiger partial charge on any atom is -0.493 e. The molecular formula is C28H28N2O4. The van der Waals surface area contributed by atoms with Crippen LogP contribution in [0.5, 0.6) is 11.5 Å². The fourth-order valence-electron chi connectivity index (χ4n) is 5.08. The minimum absolute atomic E-state index is 0.303. The maximum atomic E-state index is 13.5. The van der Waals surface area contributed by atoms with Crippen LogP contribution < -0.4 is 9.47 Å². The molecule has 0 saturated carbocycles. The van der Waals surface area contributed by atoms with Crippen molar-refractivity contribution in [1.82, 2.24) is 9.55 Å². The van der Waals surface area contributed by atoms with Crippen molar-refractivity contribution in [2.75, 3.05) is 20.8 Å². The van der Waals surface area contributed by atoms with E-state index in [1.165, 1.54) is 0 Å². The molecule has 6 heteroatoms. The summed E-state index contributed by atoms with van der Waals surface area (Å²) in [5.41, 5.74) is 8.42. The van der Waals surface area contributed by atoms with E-state index in [1.807, 2.05) is 44.3 Å². The Bertz CT molecular complexity index is 1430. The third-order valence-electron chi connectivity index (χ3n) is 6.60. The monoisotopic (exact) mass is 456 g/mol. The number of fused-ring (bicyclic) bond motifs is 4. The van der Waals surface area contributed by atoms with Gasteiger partial charge in [-0.15, -0.1) is 0 Å². The van der Waals surface area contributed by atoms with Gasteiger partial charge < -0.3 is 18.8 Å². The van der Waals surface area contributed by atoms with E-state index in [1.54, 1.807) is 14.2 Å². The van der Waals surface area contributed by atoms with Crippen LogP contribution in [-0.2, 0) is 17.7 Å². The first kappa shape index (κ1) is 22.0. The highest BCUT2D eigenvalue weighted by Gasteiger charge is 2.32. The predicted octanol–water partition coefficient (Wildman–Crippen LogP) is 5.74. The van der Waals surface area contributed by atoms with Crippen molar-refractivity contribution < 1.29 is 19.0 Å². The van der Waals surface area contributed by atoms with Gasteiger partial charge in [-0.1, -0.05) is 12.1 Å². The van der Waals surface area contributed by atoms with Gasteiger partial charge in [-0.25, -0.2) is 4.79 Å². The van der Waals surface area contributed by atoms with Crippen LogP contribution in [0.25, 0.3) is 33.3 Å². The molecule has 3 heterocycles. The molecule has 0 aliphatic carbocycles. The van der Waals surface area contributed by atoms with Crippen LogP contribution in [-0.4, -0.2) is 36.3 Å². The van der Waals surface area contributed by atoms with Gasteiger partial charge in [-0.2, -0.15) is 0 Å². The highest BCUT2D eigenvalue weighted by atomic mass is 16.5. The zero-order valence-electron chi connectivity index (χ0n) is 20.2. The average Bonchev–Trinajstić information content (AvgIpc) is 3.15. The van der Waals surface area contributed by atoms with Crippen LogP contribution in [0.2, 0.25) is 0 Å². The van der Waals surface area contributed by atoms with Gasteiger partial charge in [-0.05, 0) is 68.1 Å². The Morgan fingerprint density at radius 1 is 1.06 bits per heavy atom. The predicted molar refractivity (Wildman–Crippen MR) is 133 cm³/mol. The number of esters is 1. The minimum atomic E-state index is -0.324. The second-order valence-corrected chi connectivity index (χ2v) is 8.56. The van der Waals surface area contributed by atoms with E-state index in [2.05, 4.69) is 28.6 Å². The van der Waals surface area contributed by atoms with Gasteiger partial charge in [0, 0.05) is 34.9 Å². The van der Waals surface area contributed by atoms with Gasteiger partial charge >= 0.3 is 5.97 Å². The van der Waals surface area contributed by atoms with Crippen molar-refractivity contribution in [3.8, 4) is 33.9 Å². The number of hydrogen-bond donors (Lipinski definition) is 0. The van der Waals surface area contributed by atoms with Crippen LogP contribution in [0.15, 0.2) is 42.6 Å². The topological polar surface area (TPSA) is 62.6 Å². The summed E-state index contributed by atoms with van der Waals surface area (Å²) in [6.07, 6.45) is 2.70. The molecule has 6 nitrogen and oxygen atoms in total. The second kappa shape index (κ2) is 8.52. The molecule has 34 heavy (non-hydrogen) atoms. The maximum Gasteiger partial charge on any atom is 0.340 e. The summed E-state index contributed by atoms with van der Waals surface area (Å²) < 4.78 is 19.0. The first-order valence-electron chi connectivity index (χ1n) is 11.5. The van der Waals surface area contributed by atoms with E-state index < -0.39 is 0 Å². The lowest BCUT2D eigenvalue weighted by Crippen LogP contribution is -2.15. The Balaban J connectivity index is 1.87. The first-order valence-corrected chi connectivity index (χ1v) is 11.5. The van der Waals surface area contributed by atoms with Crippen molar-refractivity contribution in [2.45, 2.75) is 33.7 Å². The average molecular weight is 457 g/mol. The van der Waals surface area contributed by atoms with Crippen LogP contribution in [0.3, 0.4) is 0 Å². The summed E-state index contributed by atoms with van der Waals surface area (Å²) in [5, 5.41) is 1.02. The first-order chi connectivity index (χ1) is 16.5. The largest absolute Gasteiger partial charge is 0.493 e. The molecule has 0 saturated heterocycles. The van der Waals surface area contributed by atoms with E-state index in [9.17, 15) is 4.79 Å². The molecule has 0 spiro atoms. The smallest absolute Gasteiger partial charge is 0.340 e. The van der Waals surface area contributed by atoms with Gasteiger partial charge in [-0.3, -0.25) is 4.98 Å². The Kier molecular flexibility index (Phi) is 5.52. The molecule has 1 aliphatic rings. The van der Waals surface area contributed by atoms with Crippen molar-refractivity contribution in [1.29, 1.82) is 0 Å². The highest BCUT2D eigenvalue weighted by Crippen LogP contribution is 2.46. The Morgan fingerprint density at radius 3 is 2.56 bits per heavy atom. The number of rotatable bonds is 5. The molecule has 0 atom stereocenters. The van der Waals surface area contributed by atoms with Gasteiger partial charge in [0.15, 0.2) is 11.5 Å². The summed E-state index contributed by atoms with van der Waals surface area (Å²) in [5.74, 6) is 0.996. The molecule has 0 unspecified atom stereocenters. The Morgan fingerprint density at radius 2 is 1.82 bits per heavy atom. The zero-order valence-corrected chi connectivity index (χ0v) is 20.2. The molecule has 5 rings (SSSR count). The molecule has 174 valence electrons. The molecule has 0 fully saturated rings. The third kappa shape index (κ3) is 3.33. The molecule has 0 N–H and O–H groups in total. The Hall–Kier alpha value is -3.80. The van der Waals surface area contributed by atoms with Crippen LogP contribution in [0.4, 0.5) is 0 Å². The van der Waals surface area contributed by atoms with E-state index in [-0.39, 0.29) is 5.97 Å². The number of methoxy groups -OCH3 is 2. The number of pyridine rings is 1. The summed E-state index contributed by atoms with van der Waals surface area (Å²) in [4.78, 5) is 18.1. The van der Waals surface area contributed by atoms with Crippen molar-refractivity contribution >= 4 is 16.9 Å². The van der Waals surface area contributed by atoms with Crippen LogP contribution in [0, 0.1) is 13.8 Å². The highest BCUT2D eigenvalue weighted by molar-refractivity contribution is 6.09. The summed E-state index contributed by atoms with van der Waals surface area (Å²) >= 11 is 0. The van der Waals surface area contributed by atoms with Crippen LogP contribution in [0.1, 0.15) is 34.1 Å². The van der Waals surface area contributed by atoms with E-state index in [4.69, 9.17) is 14.2 Å². The summed E-state index contributed by atoms with van der Waals surface area (Å²) in [6.45, 7) is 7.01. The fourth-order valence-corrected chi connectivity index (χ4v) is 5.08. The number of ether oxygens (including phenoxy) is 3. The maximum absolute atomic E-state index is 13.5. The van der Waals surface area contributed by atoms with Gasteiger partial charge in [0.2, 0.25) is 0 Å². The van der Waals surface area contributed by atoms with E-state index in [0.29, 0.717) is 23.7 Å². The number of aromatic nitrogens is 2. The molecule has 2 aromatic carbocycles. The lowest BCUT2D eigenvalue weighted by atomic mass is 9.92. The van der Waals surface area contributed by atoms with Crippen molar-refractivity contribution in [3.05, 3.63) is 65.0 Å². The number of carbonyl (C=O) groups excluding carboxylic acids is 1. The molecule has 2 aromatic heterocycles. The summed E-state index contributed by atoms with van der Waals surface area (Å²) in [7, 11) is 3.26. The molecular weight excluding hydrogens is 428 g/mol. The van der Waals surface area contributed by atoms with E-state index in [0.717, 1.165) is 63.1 Å². The third-order valence-corrected chi connectivity index (χ3v) is 6.60. The number of carbonyl (C=O) groups is 1. The standard InChI is InChI=1S/C28H28N2O4/c1-6-34-28(31)26-25(19-8-7-9-22-21(19)12-16(2)15-29-22)17(3)30-11-10-18-13-23(32-4)24(33-5)14-20(18)27(26)30/h7-9,12-15H,6,10-11H2,1-5H3. The molecule has 0 amide bonds. The van der Waals surface area contributed by atoms with Crippen molar-refractivity contribution in [3.63, 3.8) is 0 Å². The zero-order chi connectivity index (χ0) is 24.0. The normalized spacial score (nSPS) is 12.3. The lowest BCUT2D eigenvalue weighted by Gasteiger charge is -2.23. The van der Waals surface area contributed by atoms with Crippen molar-refractivity contribution in [2.24, 2.45) is 0 Å². The van der Waals surface area contributed by atoms with E-state index >= 15 is 0 Å². The number of hydrogen-bond acceptors (Lipinski definition) is 5. The SMILES string of the molecule is CCOC(=O)c1c(-c2cccc3ncc(C)cc23)c(C)n2c1-c1cc(OC)c(OC)cc1CC2. The van der Waals surface area contributed by atoms with Gasteiger partial charge in [0.25, 0.3) is 0 Å². The molecule has 4 aromatic rings. The second-order valence-electron chi connectivity index (χ2n) is 8.56.